The van der Waals surface area contributed by atoms with Crippen LogP contribution in [0.4, 0.5) is 24.5 Å². The van der Waals surface area contributed by atoms with Crippen molar-refractivity contribution in [2.24, 2.45) is 0 Å². The zero-order chi connectivity index (χ0) is 18.8. The molecule has 0 heterocycles. The molecule has 0 aliphatic heterocycles. The van der Waals surface area contributed by atoms with Crippen molar-refractivity contribution < 1.29 is 27.4 Å². The molecule has 0 bridgehead atoms. The van der Waals surface area contributed by atoms with Crippen molar-refractivity contribution in [3.05, 3.63) is 38.1 Å². The van der Waals surface area contributed by atoms with E-state index in [4.69, 9.17) is 14.2 Å². The van der Waals surface area contributed by atoms with Crippen molar-refractivity contribution in [3.8, 4) is 17.2 Å². The SMILES string of the molecule is CCOc1c(C(F)(F)F)cc(Nc2cc(=O)c2=O)c(OC)c1OCC. The van der Waals surface area contributed by atoms with Gasteiger partial charge in [0, 0.05) is 6.07 Å². The molecule has 0 saturated heterocycles. The van der Waals surface area contributed by atoms with Crippen LogP contribution in [0.3, 0.4) is 0 Å². The van der Waals surface area contributed by atoms with E-state index in [0.29, 0.717) is 0 Å². The van der Waals surface area contributed by atoms with E-state index in [-0.39, 0.29) is 36.1 Å². The van der Waals surface area contributed by atoms with Gasteiger partial charge in [0.05, 0.1) is 31.7 Å². The number of halogens is 3. The van der Waals surface area contributed by atoms with Crippen LogP contribution in [-0.4, -0.2) is 20.3 Å². The van der Waals surface area contributed by atoms with E-state index in [9.17, 15) is 22.8 Å². The third kappa shape index (κ3) is 3.54. The third-order valence-corrected chi connectivity index (χ3v) is 3.29. The molecule has 0 amide bonds. The van der Waals surface area contributed by atoms with Crippen molar-refractivity contribution in [1.82, 2.24) is 0 Å². The second-order valence-electron chi connectivity index (χ2n) is 4.90. The van der Waals surface area contributed by atoms with Crippen LogP contribution in [0.5, 0.6) is 17.2 Å². The Kier molecular flexibility index (Phi) is 5.24. The molecular formula is C16H16F3NO5. The fourth-order valence-corrected chi connectivity index (χ4v) is 2.25. The summed E-state index contributed by atoms with van der Waals surface area (Å²) in [5, 5.41) is 2.49. The van der Waals surface area contributed by atoms with Crippen LogP contribution in [0.2, 0.25) is 0 Å². The molecule has 0 saturated carbocycles. The summed E-state index contributed by atoms with van der Waals surface area (Å²) < 4.78 is 55.9. The van der Waals surface area contributed by atoms with Crippen LogP contribution >= 0.6 is 0 Å². The normalized spacial score (nSPS) is 11.4. The van der Waals surface area contributed by atoms with E-state index in [0.717, 1.165) is 12.1 Å². The predicted molar refractivity (Wildman–Crippen MR) is 85.0 cm³/mol. The van der Waals surface area contributed by atoms with Crippen molar-refractivity contribution in [3.63, 3.8) is 0 Å². The second-order valence-corrected chi connectivity index (χ2v) is 4.90. The lowest BCUT2D eigenvalue weighted by molar-refractivity contribution is -0.139. The average Bonchev–Trinajstić information content (AvgIpc) is 2.55. The minimum absolute atomic E-state index is 0.0166. The molecule has 1 N–H and O–H groups in total. The summed E-state index contributed by atoms with van der Waals surface area (Å²) in [5.41, 5.74) is -2.91. The summed E-state index contributed by atoms with van der Waals surface area (Å²) in [6, 6.07) is 1.75. The van der Waals surface area contributed by atoms with Gasteiger partial charge in [0.15, 0.2) is 11.5 Å². The van der Waals surface area contributed by atoms with Gasteiger partial charge in [-0.15, -0.1) is 0 Å². The number of hydrogen-bond donors (Lipinski definition) is 1. The summed E-state index contributed by atoms with van der Waals surface area (Å²) in [6.07, 6.45) is -4.73. The molecule has 2 aromatic rings. The average molecular weight is 359 g/mol. The lowest BCUT2D eigenvalue weighted by atomic mass is 10.1. The maximum Gasteiger partial charge on any atom is 0.420 e. The number of nitrogens with one attached hydrogen (secondary N) is 1. The number of ether oxygens (including phenoxy) is 3. The molecule has 0 fully saturated rings. The molecule has 2 rings (SSSR count). The number of anilines is 2. The van der Waals surface area contributed by atoms with E-state index in [1.165, 1.54) is 14.0 Å². The van der Waals surface area contributed by atoms with Gasteiger partial charge in [0.25, 0.3) is 0 Å². The summed E-state index contributed by atoms with van der Waals surface area (Å²) in [4.78, 5) is 22.4. The molecule has 0 unspecified atom stereocenters. The highest BCUT2D eigenvalue weighted by atomic mass is 19.4. The quantitative estimate of drug-likeness (QED) is 0.767. The Morgan fingerprint density at radius 3 is 2.00 bits per heavy atom. The van der Waals surface area contributed by atoms with Crippen molar-refractivity contribution >= 4 is 11.4 Å². The number of hydrogen-bond acceptors (Lipinski definition) is 6. The third-order valence-electron chi connectivity index (χ3n) is 3.29. The van der Waals surface area contributed by atoms with Crippen LogP contribution < -0.4 is 30.4 Å². The molecular weight excluding hydrogens is 343 g/mol. The summed E-state index contributed by atoms with van der Waals surface area (Å²) in [5.74, 6) is -0.793. The van der Waals surface area contributed by atoms with Crippen LogP contribution in [0.25, 0.3) is 0 Å². The van der Waals surface area contributed by atoms with Gasteiger partial charge >= 0.3 is 6.18 Å². The number of benzene rings is 1. The van der Waals surface area contributed by atoms with Gasteiger partial charge in [0.1, 0.15) is 5.56 Å². The molecule has 0 aromatic heterocycles. The molecule has 0 aliphatic rings. The zero-order valence-corrected chi connectivity index (χ0v) is 13.7. The summed E-state index contributed by atoms with van der Waals surface area (Å²) in [7, 11) is 1.24. The highest BCUT2D eigenvalue weighted by Gasteiger charge is 2.39. The lowest BCUT2D eigenvalue weighted by Gasteiger charge is -2.22. The van der Waals surface area contributed by atoms with Gasteiger partial charge < -0.3 is 19.5 Å². The molecule has 0 radical (unpaired) electrons. The van der Waals surface area contributed by atoms with Gasteiger partial charge in [-0.3, -0.25) is 9.59 Å². The molecule has 2 aromatic carbocycles. The Hall–Kier alpha value is -2.71. The molecule has 136 valence electrons. The number of methoxy groups -OCH3 is 1. The van der Waals surface area contributed by atoms with Gasteiger partial charge in [-0.05, 0) is 19.9 Å². The van der Waals surface area contributed by atoms with E-state index >= 15 is 0 Å². The van der Waals surface area contributed by atoms with E-state index < -0.39 is 28.3 Å². The van der Waals surface area contributed by atoms with Gasteiger partial charge in [-0.25, -0.2) is 0 Å². The highest BCUT2D eigenvalue weighted by Crippen LogP contribution is 2.51. The standard InChI is InChI=1S/C16H16F3NO5/c1-4-24-13-8(16(17,18)19)6-10(14(23-3)15(13)25-5-2)20-9-7-11(21)12(9)22/h6-7,20H,4-5H2,1-3H3. The summed E-state index contributed by atoms with van der Waals surface area (Å²) in [6.45, 7) is 3.19. The largest absolute Gasteiger partial charge is 0.491 e. The number of alkyl halides is 3. The van der Waals surface area contributed by atoms with Crippen LogP contribution in [-0.2, 0) is 6.18 Å². The maximum atomic E-state index is 13.4. The molecule has 0 spiro atoms. The predicted octanol–water partition coefficient (Wildman–Crippen LogP) is 2.85. The fourth-order valence-electron chi connectivity index (χ4n) is 2.25. The first-order chi connectivity index (χ1) is 11.7. The topological polar surface area (TPSA) is 73.9 Å². The Bertz CT molecular complexity index is 838. The first-order valence-corrected chi connectivity index (χ1v) is 7.39. The molecule has 0 aliphatic carbocycles. The smallest absolute Gasteiger partial charge is 0.420 e. The number of rotatable bonds is 7. The van der Waals surface area contributed by atoms with Gasteiger partial charge in [0.2, 0.25) is 16.6 Å². The van der Waals surface area contributed by atoms with Crippen molar-refractivity contribution in [1.29, 1.82) is 0 Å². The fraction of sp³-hybridized carbons (Fsp3) is 0.375. The van der Waals surface area contributed by atoms with E-state index in [2.05, 4.69) is 5.32 Å². The Morgan fingerprint density at radius 1 is 0.960 bits per heavy atom. The molecule has 0 atom stereocenters. The van der Waals surface area contributed by atoms with Crippen molar-refractivity contribution in [2.75, 3.05) is 25.6 Å². The Labute approximate surface area is 140 Å². The second kappa shape index (κ2) is 7.04. The minimum Gasteiger partial charge on any atom is -0.491 e. The van der Waals surface area contributed by atoms with Crippen LogP contribution in [0, 0.1) is 0 Å². The maximum absolute atomic E-state index is 13.4. The van der Waals surface area contributed by atoms with Crippen LogP contribution in [0.15, 0.2) is 21.7 Å². The lowest BCUT2D eigenvalue weighted by Crippen LogP contribution is -2.31. The first kappa shape index (κ1) is 18.6. The molecule has 6 nitrogen and oxygen atoms in total. The Morgan fingerprint density at radius 2 is 1.56 bits per heavy atom. The highest BCUT2D eigenvalue weighted by molar-refractivity contribution is 5.76. The van der Waals surface area contributed by atoms with E-state index in [1.807, 2.05) is 0 Å². The molecule has 25 heavy (non-hydrogen) atoms. The van der Waals surface area contributed by atoms with Crippen molar-refractivity contribution in [2.45, 2.75) is 20.0 Å². The molecule has 9 heteroatoms. The van der Waals surface area contributed by atoms with E-state index in [1.54, 1.807) is 6.92 Å². The zero-order valence-electron chi connectivity index (χ0n) is 13.7. The minimum atomic E-state index is -4.73. The summed E-state index contributed by atoms with van der Waals surface area (Å²) >= 11 is 0. The van der Waals surface area contributed by atoms with Gasteiger partial charge in [-0.2, -0.15) is 13.2 Å². The van der Waals surface area contributed by atoms with Crippen LogP contribution in [0.1, 0.15) is 19.4 Å². The Balaban J connectivity index is 2.69. The monoisotopic (exact) mass is 359 g/mol. The first-order valence-electron chi connectivity index (χ1n) is 7.39. The van der Waals surface area contributed by atoms with Gasteiger partial charge in [-0.1, -0.05) is 0 Å².